The molecular formula is C18H18N6O3. The molecule has 0 aliphatic carbocycles. The van der Waals surface area contributed by atoms with E-state index in [0.717, 1.165) is 16.8 Å². The van der Waals surface area contributed by atoms with E-state index >= 15 is 0 Å². The number of carbonyl (C=O) groups excluding carboxylic acids is 1. The van der Waals surface area contributed by atoms with E-state index in [1.165, 1.54) is 4.80 Å². The highest BCUT2D eigenvalue weighted by Gasteiger charge is 2.34. The molecule has 3 aromatic rings. The second kappa shape index (κ2) is 7.12. The third-order valence-corrected chi connectivity index (χ3v) is 4.30. The van der Waals surface area contributed by atoms with Crippen molar-refractivity contribution < 1.29 is 14.3 Å². The van der Waals surface area contributed by atoms with E-state index in [1.54, 1.807) is 25.3 Å². The van der Waals surface area contributed by atoms with Gasteiger partial charge in [0, 0.05) is 24.6 Å². The molecule has 1 aliphatic rings. The molecule has 1 aliphatic heterocycles. The molecule has 0 bridgehead atoms. The van der Waals surface area contributed by atoms with Gasteiger partial charge < -0.3 is 9.47 Å². The number of aromatic nitrogens is 5. The molecule has 1 atom stereocenters. The van der Waals surface area contributed by atoms with E-state index in [4.69, 9.17) is 9.47 Å². The maximum Gasteiger partial charge on any atom is 0.414 e. The van der Waals surface area contributed by atoms with E-state index in [-0.39, 0.29) is 12.1 Å². The van der Waals surface area contributed by atoms with Crippen LogP contribution >= 0.6 is 0 Å². The summed E-state index contributed by atoms with van der Waals surface area (Å²) in [7, 11) is 3.32. The Bertz CT molecular complexity index is 938. The molecule has 4 rings (SSSR count). The summed E-state index contributed by atoms with van der Waals surface area (Å²) in [6, 6.07) is 11.4. The van der Waals surface area contributed by atoms with Gasteiger partial charge in [0.05, 0.1) is 19.7 Å². The summed E-state index contributed by atoms with van der Waals surface area (Å²) in [5.74, 6) is 0.483. The fourth-order valence-corrected chi connectivity index (χ4v) is 2.99. The number of ether oxygens (including phenoxy) is 2. The molecule has 0 unspecified atom stereocenters. The maximum absolute atomic E-state index is 12.0. The van der Waals surface area contributed by atoms with Crippen molar-refractivity contribution in [2.45, 2.75) is 6.04 Å². The van der Waals surface area contributed by atoms with Crippen molar-refractivity contribution in [3.63, 3.8) is 0 Å². The lowest BCUT2D eigenvalue weighted by Crippen LogP contribution is -2.36. The zero-order chi connectivity index (χ0) is 18.8. The number of benzene rings is 1. The van der Waals surface area contributed by atoms with E-state index in [0.29, 0.717) is 24.7 Å². The number of anilines is 1. The van der Waals surface area contributed by atoms with Gasteiger partial charge in [0.2, 0.25) is 5.82 Å². The molecule has 3 heterocycles. The van der Waals surface area contributed by atoms with Crippen LogP contribution in [0.5, 0.6) is 0 Å². The van der Waals surface area contributed by atoms with Crippen LogP contribution in [0.1, 0.15) is 0 Å². The number of tetrazole rings is 1. The zero-order valence-electron chi connectivity index (χ0n) is 14.9. The Hall–Kier alpha value is -3.33. The second-order valence-electron chi connectivity index (χ2n) is 6.14. The first kappa shape index (κ1) is 17.1. The van der Waals surface area contributed by atoms with Crippen LogP contribution in [0, 0.1) is 0 Å². The topological polar surface area (TPSA) is 95.3 Å². The summed E-state index contributed by atoms with van der Waals surface area (Å²) in [4.78, 5) is 19.4. The molecule has 0 N–H and O–H groups in total. The average molecular weight is 366 g/mol. The normalized spacial score (nSPS) is 16.6. The predicted octanol–water partition coefficient (Wildman–Crippen LogP) is 1.91. The van der Waals surface area contributed by atoms with E-state index in [2.05, 4.69) is 20.4 Å². The summed E-state index contributed by atoms with van der Waals surface area (Å²) < 4.78 is 10.3. The van der Waals surface area contributed by atoms with Gasteiger partial charge in [-0.15, -0.1) is 10.2 Å². The number of methoxy groups -OCH3 is 1. The minimum absolute atomic E-state index is 0.117. The average Bonchev–Trinajstić information content (AvgIpc) is 3.28. The quantitative estimate of drug-likeness (QED) is 0.680. The maximum atomic E-state index is 12.0. The first-order valence-corrected chi connectivity index (χ1v) is 8.41. The van der Waals surface area contributed by atoms with Crippen molar-refractivity contribution in [2.24, 2.45) is 7.05 Å². The van der Waals surface area contributed by atoms with Crippen molar-refractivity contribution in [1.29, 1.82) is 0 Å². The van der Waals surface area contributed by atoms with Gasteiger partial charge in [-0.25, -0.2) is 4.79 Å². The SMILES string of the molecule is COC[C@@H]1COC(=O)N1c1ccc(-c2ccc(-c3nnn(C)n3)nc2)cc1. The summed E-state index contributed by atoms with van der Waals surface area (Å²) in [6.07, 6.45) is 1.41. The molecule has 1 saturated heterocycles. The van der Waals surface area contributed by atoms with Gasteiger partial charge >= 0.3 is 6.09 Å². The Kier molecular flexibility index (Phi) is 4.51. The van der Waals surface area contributed by atoms with Crippen molar-refractivity contribution >= 4 is 11.8 Å². The minimum Gasteiger partial charge on any atom is -0.447 e. The Balaban J connectivity index is 1.54. The number of hydrogen-bond donors (Lipinski definition) is 0. The number of amides is 1. The molecule has 27 heavy (non-hydrogen) atoms. The molecule has 1 fully saturated rings. The molecule has 0 radical (unpaired) electrons. The van der Waals surface area contributed by atoms with Gasteiger partial charge in [0.15, 0.2) is 0 Å². The number of rotatable bonds is 5. The van der Waals surface area contributed by atoms with Crippen LogP contribution < -0.4 is 4.90 Å². The Labute approximate surface area is 155 Å². The van der Waals surface area contributed by atoms with Crippen LogP contribution in [-0.4, -0.2) is 57.6 Å². The fraction of sp³-hybridized carbons (Fsp3) is 0.278. The van der Waals surface area contributed by atoms with Crippen LogP contribution in [0.3, 0.4) is 0 Å². The Morgan fingerprint density at radius 2 is 1.96 bits per heavy atom. The lowest BCUT2D eigenvalue weighted by Gasteiger charge is -2.21. The molecule has 0 saturated carbocycles. The molecule has 2 aromatic heterocycles. The number of pyridine rings is 1. The van der Waals surface area contributed by atoms with Gasteiger partial charge in [0.25, 0.3) is 0 Å². The molecule has 1 aromatic carbocycles. The summed E-state index contributed by atoms with van der Waals surface area (Å²) >= 11 is 0. The third kappa shape index (κ3) is 3.36. The van der Waals surface area contributed by atoms with Crippen molar-refractivity contribution in [1.82, 2.24) is 25.2 Å². The highest BCUT2D eigenvalue weighted by atomic mass is 16.6. The molecule has 9 nitrogen and oxygen atoms in total. The molecule has 1 amide bonds. The second-order valence-corrected chi connectivity index (χ2v) is 6.14. The molecular weight excluding hydrogens is 348 g/mol. The number of aryl methyl sites for hydroxylation is 1. The molecule has 9 heteroatoms. The van der Waals surface area contributed by atoms with Crippen molar-refractivity contribution in [2.75, 3.05) is 25.2 Å². The Morgan fingerprint density at radius 3 is 2.59 bits per heavy atom. The van der Waals surface area contributed by atoms with Crippen LogP contribution in [0.4, 0.5) is 10.5 Å². The monoisotopic (exact) mass is 366 g/mol. The van der Waals surface area contributed by atoms with E-state index in [1.807, 2.05) is 36.4 Å². The highest BCUT2D eigenvalue weighted by Crippen LogP contribution is 2.27. The summed E-state index contributed by atoms with van der Waals surface area (Å²) in [5.41, 5.74) is 3.37. The van der Waals surface area contributed by atoms with Crippen LogP contribution in [0.2, 0.25) is 0 Å². The summed E-state index contributed by atoms with van der Waals surface area (Å²) in [6.45, 7) is 0.755. The van der Waals surface area contributed by atoms with Gasteiger partial charge in [0.1, 0.15) is 12.3 Å². The molecule has 0 spiro atoms. The third-order valence-electron chi connectivity index (χ3n) is 4.30. The minimum atomic E-state index is -0.354. The lowest BCUT2D eigenvalue weighted by atomic mass is 10.1. The van der Waals surface area contributed by atoms with Gasteiger partial charge in [-0.3, -0.25) is 9.88 Å². The molecule has 138 valence electrons. The number of carbonyl (C=O) groups is 1. The van der Waals surface area contributed by atoms with Crippen molar-refractivity contribution in [3.05, 3.63) is 42.6 Å². The smallest absolute Gasteiger partial charge is 0.414 e. The largest absolute Gasteiger partial charge is 0.447 e. The van der Waals surface area contributed by atoms with Crippen LogP contribution in [0.15, 0.2) is 42.6 Å². The zero-order valence-corrected chi connectivity index (χ0v) is 14.9. The number of nitrogens with zero attached hydrogens (tertiary/aromatic N) is 6. The van der Waals surface area contributed by atoms with Gasteiger partial charge in [-0.05, 0) is 29.0 Å². The van der Waals surface area contributed by atoms with E-state index in [9.17, 15) is 4.79 Å². The van der Waals surface area contributed by atoms with Crippen LogP contribution in [0.25, 0.3) is 22.6 Å². The van der Waals surface area contributed by atoms with E-state index < -0.39 is 0 Å². The first-order valence-electron chi connectivity index (χ1n) is 8.41. The summed E-state index contributed by atoms with van der Waals surface area (Å²) in [5, 5.41) is 11.9. The number of hydrogen-bond acceptors (Lipinski definition) is 7. The highest BCUT2D eigenvalue weighted by molar-refractivity contribution is 5.90. The van der Waals surface area contributed by atoms with Gasteiger partial charge in [-0.1, -0.05) is 18.2 Å². The standard InChI is InChI=1S/C18H18N6O3/c1-23-21-17(20-22-23)16-8-5-13(9-19-16)12-3-6-14(7-4-12)24-15(10-26-2)11-27-18(24)25/h3-9,15H,10-11H2,1-2H3/t15-/m1/s1. The predicted molar refractivity (Wildman–Crippen MR) is 97.0 cm³/mol. The fourth-order valence-electron chi connectivity index (χ4n) is 2.99. The van der Waals surface area contributed by atoms with Crippen molar-refractivity contribution in [3.8, 4) is 22.6 Å². The Morgan fingerprint density at radius 1 is 1.19 bits per heavy atom. The van der Waals surface area contributed by atoms with Gasteiger partial charge in [-0.2, -0.15) is 4.80 Å². The lowest BCUT2D eigenvalue weighted by molar-refractivity contribution is 0.157. The first-order chi connectivity index (χ1) is 13.2. The number of cyclic esters (lactones) is 1. The van der Waals surface area contributed by atoms with Crippen LogP contribution in [-0.2, 0) is 16.5 Å².